The highest BCUT2D eigenvalue weighted by Crippen LogP contribution is 2.64. The highest BCUT2D eigenvalue weighted by Gasteiger charge is 2.65. The third-order valence-corrected chi connectivity index (χ3v) is 13.6. The van der Waals surface area contributed by atoms with Crippen LogP contribution in [-0.4, -0.2) is 46.7 Å². The molecule has 0 aromatic heterocycles. The van der Waals surface area contributed by atoms with E-state index in [0.29, 0.717) is 24.9 Å². The summed E-state index contributed by atoms with van der Waals surface area (Å²) in [6.45, 7) is 6.05. The molecule has 1 spiro atoms. The van der Waals surface area contributed by atoms with Crippen molar-refractivity contribution in [1.82, 2.24) is 4.90 Å². The minimum Gasteiger partial charge on any atom is -0.440 e. The van der Waals surface area contributed by atoms with Gasteiger partial charge in [-0.15, -0.1) is 0 Å². The molecule has 46 heavy (non-hydrogen) atoms. The molecule has 2 aromatic carbocycles. The van der Waals surface area contributed by atoms with Crippen molar-refractivity contribution in [2.75, 3.05) is 13.1 Å². The molecule has 7 aliphatic carbocycles. The van der Waals surface area contributed by atoms with E-state index in [-0.39, 0.29) is 28.6 Å². The van der Waals surface area contributed by atoms with E-state index in [1.807, 2.05) is 36.4 Å². The zero-order valence-corrected chi connectivity index (χ0v) is 27.8. The fourth-order valence-corrected chi connectivity index (χ4v) is 11.7. The standard InChI is InChI=1S/C41H51NO4/c1-27-7-6-15-39(2)36(34-13-11-28(20-33(43)12-10-27)21-35(34)37(44)32-8-4-3-5-9-32)14-16-41(39)26-42(38(45)46-41)25-40-22-29-17-30(23-40)19-31(18-29)24-40/h3-5,7-9,11,13,21,29-31,33,36,43H,6,10,12,14-20,22-26H2,1-2H3. The molecule has 8 aliphatic rings. The number of aliphatic hydroxyl groups is 1. The van der Waals surface area contributed by atoms with Gasteiger partial charge in [0.1, 0.15) is 5.60 Å². The van der Waals surface area contributed by atoms with Crippen LogP contribution in [0.25, 0.3) is 0 Å². The lowest BCUT2D eigenvalue weighted by molar-refractivity contribution is -0.0641. The lowest BCUT2D eigenvalue weighted by Crippen LogP contribution is -2.52. The first kappa shape index (κ1) is 30.4. The number of carbonyl (C=O) groups is 2. The highest BCUT2D eigenvalue weighted by molar-refractivity contribution is 6.10. The van der Waals surface area contributed by atoms with Gasteiger partial charge in [0.25, 0.3) is 0 Å². The molecule has 10 rings (SSSR count). The molecular formula is C41H51NO4. The van der Waals surface area contributed by atoms with Crippen LogP contribution < -0.4 is 0 Å². The van der Waals surface area contributed by atoms with Crippen molar-refractivity contribution < 1.29 is 19.4 Å². The Morgan fingerprint density at radius 2 is 1.70 bits per heavy atom. The third kappa shape index (κ3) is 5.16. The molecule has 1 aliphatic heterocycles. The first-order chi connectivity index (χ1) is 22.1. The van der Waals surface area contributed by atoms with E-state index in [1.165, 1.54) is 44.1 Å². The summed E-state index contributed by atoms with van der Waals surface area (Å²) in [4.78, 5) is 30.2. The van der Waals surface area contributed by atoms with Crippen LogP contribution >= 0.6 is 0 Å². The second-order valence-corrected chi connectivity index (χ2v) is 16.7. The van der Waals surface area contributed by atoms with Crippen LogP contribution in [0.5, 0.6) is 0 Å². The van der Waals surface area contributed by atoms with Gasteiger partial charge >= 0.3 is 6.09 Å². The zero-order valence-electron chi connectivity index (χ0n) is 27.8. The molecule has 5 nitrogen and oxygen atoms in total. The molecule has 5 heteroatoms. The van der Waals surface area contributed by atoms with E-state index in [0.717, 1.165) is 73.1 Å². The van der Waals surface area contributed by atoms with Crippen LogP contribution in [0.4, 0.5) is 4.79 Å². The number of fused-ring (bicyclic) bond motifs is 8. The second-order valence-electron chi connectivity index (χ2n) is 16.7. The third-order valence-electron chi connectivity index (χ3n) is 13.6. The van der Waals surface area contributed by atoms with E-state index in [2.05, 4.69) is 37.0 Å². The Balaban J connectivity index is 1.16. The van der Waals surface area contributed by atoms with E-state index >= 15 is 0 Å². The highest BCUT2D eigenvalue weighted by atomic mass is 16.6. The number of ether oxygens (including phenoxy) is 1. The molecular weight excluding hydrogens is 570 g/mol. The molecule has 0 radical (unpaired) electrons. The Labute approximate surface area is 274 Å². The van der Waals surface area contributed by atoms with Gasteiger partial charge < -0.3 is 14.7 Å². The Hall–Kier alpha value is -2.92. The SMILES string of the molecule is CC1=CCCC2(C)C(CCC23CN(CC24CC5CC(CC(C5)C2)C4)C(=O)O3)c2ccc(cc2C(=O)c2ccccc2)CC(O)CC1. The molecule has 5 saturated carbocycles. The molecule has 6 fully saturated rings. The lowest BCUT2D eigenvalue weighted by Gasteiger charge is -2.57. The molecule has 4 atom stereocenters. The van der Waals surface area contributed by atoms with Gasteiger partial charge in [-0.1, -0.05) is 61.0 Å². The van der Waals surface area contributed by atoms with E-state index in [1.54, 1.807) is 0 Å². The monoisotopic (exact) mass is 621 g/mol. The van der Waals surface area contributed by atoms with Gasteiger partial charge in [0.2, 0.25) is 0 Å². The second kappa shape index (κ2) is 11.4. The van der Waals surface area contributed by atoms with Crippen molar-refractivity contribution in [3.8, 4) is 0 Å². The predicted molar refractivity (Wildman–Crippen MR) is 180 cm³/mol. The minimum atomic E-state index is -0.572. The average molecular weight is 622 g/mol. The largest absolute Gasteiger partial charge is 0.440 e. The summed E-state index contributed by atoms with van der Waals surface area (Å²) in [6, 6.07) is 15.9. The van der Waals surface area contributed by atoms with Crippen LogP contribution in [-0.2, 0) is 11.2 Å². The van der Waals surface area contributed by atoms with Gasteiger partial charge in [0.15, 0.2) is 5.78 Å². The molecule has 6 bridgehead atoms. The minimum absolute atomic E-state index is 0.0323. The van der Waals surface area contributed by atoms with Crippen LogP contribution in [0, 0.1) is 28.6 Å². The zero-order chi connectivity index (χ0) is 31.7. The van der Waals surface area contributed by atoms with Crippen molar-refractivity contribution in [3.05, 3.63) is 82.4 Å². The van der Waals surface area contributed by atoms with Gasteiger partial charge in [-0.2, -0.15) is 0 Å². The van der Waals surface area contributed by atoms with Crippen molar-refractivity contribution >= 4 is 11.9 Å². The van der Waals surface area contributed by atoms with Crippen LogP contribution in [0.1, 0.15) is 124 Å². The number of carbonyl (C=O) groups excluding carboxylic acids is 2. The molecule has 1 N–H and O–H groups in total. The maximum absolute atomic E-state index is 14.2. The molecule has 1 amide bonds. The fraction of sp³-hybridized carbons (Fsp3) is 0.610. The molecule has 1 saturated heterocycles. The number of nitrogens with zero attached hydrogens (tertiary/aromatic N) is 1. The fourth-order valence-electron chi connectivity index (χ4n) is 11.7. The average Bonchev–Trinajstić information content (AvgIpc) is 3.48. The first-order valence-electron chi connectivity index (χ1n) is 18.2. The molecule has 1 heterocycles. The normalized spacial score (nSPS) is 38.5. The van der Waals surface area contributed by atoms with Gasteiger partial charge in [0, 0.05) is 23.1 Å². The van der Waals surface area contributed by atoms with E-state index < -0.39 is 11.7 Å². The summed E-state index contributed by atoms with van der Waals surface area (Å²) in [5, 5.41) is 10.9. The summed E-state index contributed by atoms with van der Waals surface area (Å²) in [6.07, 6.45) is 15.4. The Kier molecular flexibility index (Phi) is 7.51. The van der Waals surface area contributed by atoms with Gasteiger partial charge in [-0.25, -0.2) is 4.79 Å². The molecule has 2 aromatic rings. The van der Waals surface area contributed by atoms with Gasteiger partial charge in [0.05, 0.1) is 12.6 Å². The Bertz CT molecular complexity index is 1510. The quantitative estimate of drug-likeness (QED) is 0.274. The van der Waals surface area contributed by atoms with E-state index in [4.69, 9.17) is 4.74 Å². The van der Waals surface area contributed by atoms with Gasteiger partial charge in [-0.3, -0.25) is 4.79 Å². The molecule has 244 valence electrons. The number of amides is 1. The topological polar surface area (TPSA) is 66.8 Å². The van der Waals surface area contributed by atoms with Gasteiger partial charge in [-0.05, 0) is 137 Å². The van der Waals surface area contributed by atoms with Crippen LogP contribution in [0.15, 0.2) is 60.2 Å². The van der Waals surface area contributed by atoms with E-state index in [9.17, 15) is 14.7 Å². The number of aliphatic hydroxyl groups excluding tert-OH is 1. The smallest absolute Gasteiger partial charge is 0.410 e. The summed E-state index contributed by atoms with van der Waals surface area (Å²) in [7, 11) is 0. The number of hydrogen-bond donors (Lipinski definition) is 1. The first-order valence-corrected chi connectivity index (χ1v) is 18.2. The number of allylic oxidation sites excluding steroid dienone is 2. The number of ketones is 1. The number of rotatable bonds is 4. The maximum Gasteiger partial charge on any atom is 0.410 e. The predicted octanol–water partition coefficient (Wildman–Crippen LogP) is 8.63. The van der Waals surface area contributed by atoms with Crippen molar-refractivity contribution in [2.45, 2.75) is 115 Å². The number of benzene rings is 2. The van der Waals surface area contributed by atoms with Crippen LogP contribution in [0.2, 0.25) is 0 Å². The summed E-state index contributed by atoms with van der Waals surface area (Å²) in [5.74, 6) is 2.67. The van der Waals surface area contributed by atoms with Crippen molar-refractivity contribution in [2.24, 2.45) is 28.6 Å². The number of hydrogen-bond acceptors (Lipinski definition) is 4. The molecule has 4 unspecified atom stereocenters. The van der Waals surface area contributed by atoms with Crippen molar-refractivity contribution in [1.29, 1.82) is 0 Å². The summed E-state index contributed by atoms with van der Waals surface area (Å²) >= 11 is 0. The Morgan fingerprint density at radius 1 is 0.978 bits per heavy atom. The van der Waals surface area contributed by atoms with Crippen molar-refractivity contribution in [3.63, 3.8) is 0 Å². The van der Waals surface area contributed by atoms with Crippen LogP contribution in [0.3, 0.4) is 0 Å². The summed E-state index contributed by atoms with van der Waals surface area (Å²) in [5.41, 5.74) is 4.18. The summed E-state index contributed by atoms with van der Waals surface area (Å²) < 4.78 is 6.69. The maximum atomic E-state index is 14.2. The lowest BCUT2D eigenvalue weighted by atomic mass is 9.49. The Morgan fingerprint density at radius 3 is 2.41 bits per heavy atom.